The fraction of sp³-hybridized carbons (Fsp3) is 0.333. The van der Waals surface area contributed by atoms with Crippen molar-refractivity contribution in [3.8, 4) is 0 Å². The van der Waals surface area contributed by atoms with E-state index in [1.807, 2.05) is 29.2 Å². The normalized spacial score (nSPS) is 19.6. The highest BCUT2D eigenvalue weighted by Gasteiger charge is 2.31. The van der Waals surface area contributed by atoms with E-state index < -0.39 is 12.0 Å². The van der Waals surface area contributed by atoms with Crippen LogP contribution in [0.15, 0.2) is 30.5 Å². The molecule has 1 fully saturated rings. The summed E-state index contributed by atoms with van der Waals surface area (Å²) in [5.41, 5.74) is 1.77. The van der Waals surface area contributed by atoms with Crippen LogP contribution in [-0.2, 0) is 11.3 Å². The molecule has 0 saturated carbocycles. The number of likely N-dealkylation sites (tertiary alicyclic amines) is 1. The van der Waals surface area contributed by atoms with Gasteiger partial charge in [-0.3, -0.25) is 14.7 Å². The molecule has 0 radical (unpaired) electrons. The number of carboxylic acid groups (broad SMARTS) is 1. The lowest BCUT2D eigenvalue weighted by atomic mass is 10.1. The molecule has 0 unspecified atom stereocenters. The van der Waals surface area contributed by atoms with Crippen LogP contribution in [0.3, 0.4) is 0 Å². The van der Waals surface area contributed by atoms with E-state index >= 15 is 0 Å². The van der Waals surface area contributed by atoms with Crippen molar-refractivity contribution < 1.29 is 9.90 Å². The predicted molar refractivity (Wildman–Crippen MR) is 77.8 cm³/mol. The highest BCUT2D eigenvalue weighted by atomic mass is 35.5. The molecule has 2 heterocycles. The zero-order valence-corrected chi connectivity index (χ0v) is 11.7. The summed E-state index contributed by atoms with van der Waals surface area (Å²) >= 11 is 6.29. The standard InChI is InChI=1S/C15H15ClN2O2/c16-12-6-5-10-3-1-7-17-14(10)11(12)9-18-8-2-4-13(18)15(19)20/h1,3,5-7,13H,2,4,8-9H2,(H,19,20)/t13-/m1/s1. The molecule has 1 aromatic heterocycles. The Morgan fingerprint density at radius 1 is 1.45 bits per heavy atom. The summed E-state index contributed by atoms with van der Waals surface area (Å²) in [6.45, 7) is 1.32. The summed E-state index contributed by atoms with van der Waals surface area (Å²) in [6.07, 6.45) is 3.35. The monoisotopic (exact) mass is 290 g/mol. The maximum absolute atomic E-state index is 11.3. The minimum absolute atomic E-state index is 0.412. The first kappa shape index (κ1) is 13.3. The molecule has 1 N–H and O–H groups in total. The Morgan fingerprint density at radius 2 is 2.30 bits per heavy atom. The molecule has 5 heteroatoms. The van der Waals surface area contributed by atoms with Crippen molar-refractivity contribution in [2.24, 2.45) is 0 Å². The van der Waals surface area contributed by atoms with E-state index in [4.69, 9.17) is 11.6 Å². The second kappa shape index (κ2) is 5.38. The Kier molecular flexibility index (Phi) is 3.59. The second-order valence-electron chi connectivity index (χ2n) is 5.07. The van der Waals surface area contributed by atoms with Gasteiger partial charge in [-0.2, -0.15) is 0 Å². The third kappa shape index (κ3) is 2.37. The average molecular weight is 291 g/mol. The first-order valence-corrected chi connectivity index (χ1v) is 7.03. The third-order valence-electron chi connectivity index (χ3n) is 3.83. The third-order valence-corrected chi connectivity index (χ3v) is 4.19. The molecule has 1 aliphatic rings. The van der Waals surface area contributed by atoms with Gasteiger partial charge in [0, 0.05) is 28.7 Å². The van der Waals surface area contributed by atoms with Gasteiger partial charge in [0.05, 0.1) is 5.52 Å². The zero-order valence-electron chi connectivity index (χ0n) is 10.9. The van der Waals surface area contributed by atoms with Gasteiger partial charge in [0.15, 0.2) is 0 Å². The number of benzene rings is 1. The van der Waals surface area contributed by atoms with Crippen molar-refractivity contribution in [3.63, 3.8) is 0 Å². The molecule has 1 atom stereocenters. The number of fused-ring (bicyclic) bond motifs is 1. The first-order chi connectivity index (χ1) is 9.66. The molecule has 1 saturated heterocycles. The highest BCUT2D eigenvalue weighted by molar-refractivity contribution is 6.32. The number of hydrogen-bond acceptors (Lipinski definition) is 3. The first-order valence-electron chi connectivity index (χ1n) is 6.66. The predicted octanol–water partition coefficient (Wildman–Crippen LogP) is 2.94. The number of nitrogens with zero attached hydrogens (tertiary/aromatic N) is 2. The lowest BCUT2D eigenvalue weighted by Crippen LogP contribution is -2.35. The smallest absolute Gasteiger partial charge is 0.320 e. The molecule has 1 aromatic carbocycles. The summed E-state index contributed by atoms with van der Waals surface area (Å²) in [6, 6.07) is 7.25. The van der Waals surface area contributed by atoms with E-state index in [1.54, 1.807) is 6.20 Å². The topological polar surface area (TPSA) is 53.4 Å². The summed E-state index contributed by atoms with van der Waals surface area (Å²) in [5, 5.41) is 10.9. The maximum atomic E-state index is 11.3. The van der Waals surface area contributed by atoms with Gasteiger partial charge in [-0.25, -0.2) is 0 Å². The largest absolute Gasteiger partial charge is 0.480 e. The molecule has 2 aromatic rings. The van der Waals surface area contributed by atoms with E-state index in [-0.39, 0.29) is 0 Å². The molecule has 104 valence electrons. The van der Waals surface area contributed by atoms with E-state index in [9.17, 15) is 9.90 Å². The van der Waals surface area contributed by atoms with Crippen molar-refractivity contribution >= 4 is 28.5 Å². The number of carboxylic acids is 1. The Hall–Kier alpha value is -1.65. The van der Waals surface area contributed by atoms with Crippen molar-refractivity contribution in [3.05, 3.63) is 41.0 Å². The highest BCUT2D eigenvalue weighted by Crippen LogP contribution is 2.28. The molecule has 0 aliphatic carbocycles. The van der Waals surface area contributed by atoms with Crippen LogP contribution < -0.4 is 0 Å². The van der Waals surface area contributed by atoms with Crippen LogP contribution in [0.25, 0.3) is 10.9 Å². The van der Waals surface area contributed by atoms with E-state index in [2.05, 4.69) is 4.98 Å². The van der Waals surface area contributed by atoms with Crippen molar-refractivity contribution in [2.75, 3.05) is 6.54 Å². The number of aliphatic carboxylic acids is 1. The fourth-order valence-electron chi connectivity index (χ4n) is 2.83. The molecular weight excluding hydrogens is 276 g/mol. The average Bonchev–Trinajstić information content (AvgIpc) is 2.90. The van der Waals surface area contributed by atoms with E-state index in [1.165, 1.54) is 0 Å². The van der Waals surface area contributed by atoms with Gasteiger partial charge >= 0.3 is 5.97 Å². The minimum atomic E-state index is -0.758. The van der Waals surface area contributed by atoms with Crippen LogP contribution in [0.5, 0.6) is 0 Å². The fourth-order valence-corrected chi connectivity index (χ4v) is 3.04. The number of carbonyl (C=O) groups is 1. The van der Waals surface area contributed by atoms with Gasteiger partial charge in [-0.15, -0.1) is 0 Å². The van der Waals surface area contributed by atoms with Crippen LogP contribution in [0.1, 0.15) is 18.4 Å². The summed E-state index contributed by atoms with van der Waals surface area (Å²) in [7, 11) is 0. The van der Waals surface area contributed by atoms with Crippen molar-refractivity contribution in [1.29, 1.82) is 0 Å². The number of hydrogen-bond donors (Lipinski definition) is 1. The SMILES string of the molecule is O=C(O)[C@H]1CCCN1Cc1c(Cl)ccc2cccnc12. The Morgan fingerprint density at radius 3 is 3.10 bits per heavy atom. The molecule has 20 heavy (non-hydrogen) atoms. The summed E-state index contributed by atoms with van der Waals surface area (Å²) in [5.74, 6) is -0.758. The molecule has 0 bridgehead atoms. The van der Waals surface area contributed by atoms with E-state index in [0.717, 1.165) is 29.4 Å². The van der Waals surface area contributed by atoms with Crippen LogP contribution in [0.2, 0.25) is 5.02 Å². The molecule has 4 nitrogen and oxygen atoms in total. The van der Waals surface area contributed by atoms with E-state index in [0.29, 0.717) is 18.0 Å². The summed E-state index contributed by atoms with van der Waals surface area (Å²) in [4.78, 5) is 17.6. The Labute approximate surface area is 122 Å². The zero-order chi connectivity index (χ0) is 14.1. The van der Waals surface area contributed by atoms with Crippen molar-refractivity contribution in [1.82, 2.24) is 9.88 Å². The lowest BCUT2D eigenvalue weighted by molar-refractivity contribution is -0.142. The van der Waals surface area contributed by atoms with Gasteiger partial charge in [0.2, 0.25) is 0 Å². The molecular formula is C15H15ClN2O2. The number of aromatic nitrogens is 1. The molecule has 0 spiro atoms. The number of pyridine rings is 1. The second-order valence-corrected chi connectivity index (χ2v) is 5.48. The molecule has 0 amide bonds. The molecule has 1 aliphatic heterocycles. The van der Waals surface area contributed by atoms with Gasteiger partial charge in [0.25, 0.3) is 0 Å². The Balaban J connectivity index is 1.98. The maximum Gasteiger partial charge on any atom is 0.320 e. The van der Waals surface area contributed by atoms with Gasteiger partial charge in [0.1, 0.15) is 6.04 Å². The lowest BCUT2D eigenvalue weighted by Gasteiger charge is -2.22. The molecule has 3 rings (SSSR count). The van der Waals surface area contributed by atoms with Crippen LogP contribution in [0, 0.1) is 0 Å². The van der Waals surface area contributed by atoms with Crippen LogP contribution in [0.4, 0.5) is 0 Å². The minimum Gasteiger partial charge on any atom is -0.480 e. The van der Waals surface area contributed by atoms with Gasteiger partial charge < -0.3 is 5.11 Å². The number of halogens is 1. The van der Waals surface area contributed by atoms with Gasteiger partial charge in [-0.05, 0) is 31.5 Å². The van der Waals surface area contributed by atoms with Gasteiger partial charge in [-0.1, -0.05) is 23.7 Å². The van der Waals surface area contributed by atoms with Crippen molar-refractivity contribution in [2.45, 2.75) is 25.4 Å². The van der Waals surface area contributed by atoms with Crippen LogP contribution >= 0.6 is 11.6 Å². The summed E-state index contributed by atoms with van der Waals surface area (Å²) < 4.78 is 0. The quantitative estimate of drug-likeness (QED) is 0.944. The Bertz CT molecular complexity index is 659. The van der Waals surface area contributed by atoms with Crippen LogP contribution in [-0.4, -0.2) is 33.5 Å². The number of rotatable bonds is 3.